The smallest absolute Gasteiger partial charge is 0.105 e. The van der Waals surface area contributed by atoms with Crippen LogP contribution in [0.2, 0.25) is 0 Å². The van der Waals surface area contributed by atoms with Crippen molar-refractivity contribution in [3.63, 3.8) is 0 Å². The Balaban J connectivity index is 0. The van der Waals surface area contributed by atoms with Gasteiger partial charge in [-0.1, -0.05) is 45.4 Å². The third-order valence-electron chi connectivity index (χ3n) is 3.30. The standard InChI is InChI=1S/C14H32NO2.ClH/c1-4-5-6-7-8-9-10-14(17)13-15(2,3)11-12-16;/h14,16-17H,4-13H2,1-3H3;1H/q+1;/p-1. The number of aliphatic hydroxyl groups is 2. The quantitative estimate of drug-likeness (QED) is 0.383. The number of halogens is 1. The summed E-state index contributed by atoms with van der Waals surface area (Å²) in [5.74, 6) is 0. The largest absolute Gasteiger partial charge is 1.00 e. The second-order valence-corrected chi connectivity index (χ2v) is 5.78. The van der Waals surface area contributed by atoms with Crippen LogP contribution in [-0.4, -0.2) is 54.6 Å². The Morgan fingerprint density at radius 2 is 1.56 bits per heavy atom. The molecule has 0 saturated heterocycles. The first kappa shape index (κ1) is 20.5. The maximum absolute atomic E-state index is 9.92. The van der Waals surface area contributed by atoms with Crippen LogP contribution < -0.4 is 12.4 Å². The van der Waals surface area contributed by atoms with Crippen molar-refractivity contribution < 1.29 is 27.1 Å². The third kappa shape index (κ3) is 12.6. The lowest BCUT2D eigenvalue weighted by atomic mass is 10.1. The van der Waals surface area contributed by atoms with E-state index in [0.29, 0.717) is 11.0 Å². The van der Waals surface area contributed by atoms with Crippen molar-refractivity contribution in [2.75, 3.05) is 33.8 Å². The molecule has 18 heavy (non-hydrogen) atoms. The highest BCUT2D eigenvalue weighted by atomic mass is 35.5. The van der Waals surface area contributed by atoms with Crippen LogP contribution in [0.5, 0.6) is 0 Å². The summed E-state index contributed by atoms with van der Waals surface area (Å²) < 4.78 is 0.702. The Labute approximate surface area is 119 Å². The highest BCUT2D eigenvalue weighted by molar-refractivity contribution is 4.55. The van der Waals surface area contributed by atoms with Crippen LogP contribution in [0.15, 0.2) is 0 Å². The lowest BCUT2D eigenvalue weighted by Gasteiger charge is -2.31. The summed E-state index contributed by atoms with van der Waals surface area (Å²) in [4.78, 5) is 0. The van der Waals surface area contributed by atoms with Gasteiger partial charge in [0, 0.05) is 0 Å². The van der Waals surface area contributed by atoms with Gasteiger partial charge in [-0.3, -0.25) is 0 Å². The summed E-state index contributed by atoms with van der Waals surface area (Å²) in [5.41, 5.74) is 0. The lowest BCUT2D eigenvalue weighted by Crippen LogP contribution is -3.00. The molecular weight excluding hydrogens is 250 g/mol. The van der Waals surface area contributed by atoms with Gasteiger partial charge < -0.3 is 27.1 Å². The predicted molar refractivity (Wildman–Crippen MR) is 72.9 cm³/mol. The van der Waals surface area contributed by atoms with Crippen LogP contribution in [0.4, 0.5) is 0 Å². The van der Waals surface area contributed by atoms with Gasteiger partial charge in [0.1, 0.15) is 19.2 Å². The van der Waals surface area contributed by atoms with Gasteiger partial charge in [-0.25, -0.2) is 0 Å². The molecule has 0 aliphatic rings. The minimum atomic E-state index is -0.220. The van der Waals surface area contributed by atoms with Crippen LogP contribution in [0, 0.1) is 0 Å². The highest BCUT2D eigenvalue weighted by Gasteiger charge is 2.19. The Kier molecular flexibility index (Phi) is 13.9. The Morgan fingerprint density at radius 1 is 1.00 bits per heavy atom. The van der Waals surface area contributed by atoms with E-state index in [9.17, 15) is 5.11 Å². The zero-order valence-corrected chi connectivity index (χ0v) is 13.1. The van der Waals surface area contributed by atoms with Gasteiger partial charge >= 0.3 is 0 Å². The van der Waals surface area contributed by atoms with E-state index in [1.807, 2.05) is 0 Å². The Hall–Kier alpha value is 0.170. The highest BCUT2D eigenvalue weighted by Crippen LogP contribution is 2.10. The van der Waals surface area contributed by atoms with Crippen LogP contribution in [0.3, 0.4) is 0 Å². The van der Waals surface area contributed by atoms with Crippen molar-refractivity contribution in [3.05, 3.63) is 0 Å². The van der Waals surface area contributed by atoms with Gasteiger partial charge in [0.2, 0.25) is 0 Å². The molecule has 1 unspecified atom stereocenters. The fraction of sp³-hybridized carbons (Fsp3) is 1.00. The average Bonchev–Trinajstić information content (AvgIpc) is 2.22. The summed E-state index contributed by atoms with van der Waals surface area (Å²) in [6, 6.07) is 0. The van der Waals surface area contributed by atoms with Crippen molar-refractivity contribution in [1.82, 2.24) is 0 Å². The molecule has 112 valence electrons. The zero-order chi connectivity index (χ0) is 13.1. The molecule has 0 heterocycles. The molecule has 0 fully saturated rings. The van der Waals surface area contributed by atoms with Gasteiger partial charge in [0.15, 0.2) is 0 Å². The minimum absolute atomic E-state index is 0. The molecule has 0 aliphatic carbocycles. The number of nitrogens with zero attached hydrogens (tertiary/aromatic N) is 1. The summed E-state index contributed by atoms with van der Waals surface area (Å²) in [6.45, 7) is 3.88. The normalized spacial score (nSPS) is 13.2. The van der Waals surface area contributed by atoms with Gasteiger partial charge in [0.05, 0.1) is 20.7 Å². The van der Waals surface area contributed by atoms with Gasteiger partial charge in [0.25, 0.3) is 0 Å². The van der Waals surface area contributed by atoms with Crippen LogP contribution in [-0.2, 0) is 0 Å². The molecule has 2 N–H and O–H groups in total. The summed E-state index contributed by atoms with van der Waals surface area (Å²) >= 11 is 0. The number of unbranched alkanes of at least 4 members (excludes halogenated alkanes) is 5. The monoisotopic (exact) mass is 281 g/mol. The SMILES string of the molecule is CCCCCCCCC(O)C[N+](C)(C)CCO.[Cl-]. The molecule has 0 aromatic carbocycles. The van der Waals surface area contributed by atoms with E-state index >= 15 is 0 Å². The Bertz CT molecular complexity index is 177. The average molecular weight is 282 g/mol. The van der Waals surface area contributed by atoms with E-state index < -0.39 is 0 Å². The molecule has 1 atom stereocenters. The van der Waals surface area contributed by atoms with E-state index in [4.69, 9.17) is 5.11 Å². The first-order chi connectivity index (χ1) is 8.02. The van der Waals surface area contributed by atoms with Crippen molar-refractivity contribution in [2.45, 2.75) is 58.0 Å². The van der Waals surface area contributed by atoms with Crippen LogP contribution >= 0.6 is 0 Å². The van der Waals surface area contributed by atoms with E-state index in [-0.39, 0.29) is 25.1 Å². The van der Waals surface area contributed by atoms with Crippen molar-refractivity contribution in [2.24, 2.45) is 0 Å². The number of likely N-dealkylation sites (N-methyl/N-ethyl adjacent to an activating group) is 1. The molecule has 0 bridgehead atoms. The topological polar surface area (TPSA) is 40.5 Å². The number of quaternary nitrogens is 1. The first-order valence-corrected chi connectivity index (χ1v) is 7.12. The maximum Gasteiger partial charge on any atom is 0.105 e. The molecule has 0 aliphatic heterocycles. The molecule has 0 saturated carbocycles. The fourth-order valence-corrected chi connectivity index (χ4v) is 2.18. The number of aliphatic hydroxyl groups excluding tert-OH is 2. The lowest BCUT2D eigenvalue weighted by molar-refractivity contribution is -0.893. The fourth-order valence-electron chi connectivity index (χ4n) is 2.18. The molecule has 0 aromatic heterocycles. The Morgan fingerprint density at radius 3 is 2.11 bits per heavy atom. The molecule has 3 nitrogen and oxygen atoms in total. The van der Waals surface area contributed by atoms with E-state index in [1.54, 1.807) is 0 Å². The molecule has 0 rings (SSSR count). The van der Waals surface area contributed by atoms with Crippen molar-refractivity contribution in [3.8, 4) is 0 Å². The molecule has 0 spiro atoms. The molecule has 0 radical (unpaired) electrons. The number of rotatable bonds is 11. The summed E-state index contributed by atoms with van der Waals surface area (Å²) in [5, 5.41) is 18.8. The van der Waals surface area contributed by atoms with Crippen LogP contribution in [0.25, 0.3) is 0 Å². The minimum Gasteiger partial charge on any atom is -1.00 e. The van der Waals surface area contributed by atoms with Gasteiger partial charge in [-0.15, -0.1) is 0 Å². The van der Waals surface area contributed by atoms with Crippen molar-refractivity contribution in [1.29, 1.82) is 0 Å². The third-order valence-corrected chi connectivity index (χ3v) is 3.30. The summed E-state index contributed by atoms with van der Waals surface area (Å²) in [7, 11) is 4.11. The predicted octanol–water partition coefficient (Wildman–Crippen LogP) is -0.829. The van der Waals surface area contributed by atoms with Gasteiger partial charge in [-0.05, 0) is 6.42 Å². The summed E-state index contributed by atoms with van der Waals surface area (Å²) in [6.07, 6.45) is 8.31. The molecule has 4 heteroatoms. The maximum atomic E-state index is 9.92. The molecular formula is C14H32ClNO2. The van der Waals surface area contributed by atoms with Gasteiger partial charge in [-0.2, -0.15) is 0 Å². The second kappa shape index (κ2) is 12.2. The number of hydrogen-bond acceptors (Lipinski definition) is 2. The second-order valence-electron chi connectivity index (χ2n) is 5.78. The zero-order valence-electron chi connectivity index (χ0n) is 12.4. The molecule has 0 amide bonds. The van der Waals surface area contributed by atoms with E-state index in [2.05, 4.69) is 21.0 Å². The van der Waals surface area contributed by atoms with Crippen molar-refractivity contribution >= 4 is 0 Å². The van der Waals surface area contributed by atoms with E-state index in [0.717, 1.165) is 19.4 Å². The van der Waals surface area contributed by atoms with Crippen LogP contribution in [0.1, 0.15) is 51.9 Å². The first-order valence-electron chi connectivity index (χ1n) is 7.12. The van der Waals surface area contributed by atoms with E-state index in [1.165, 1.54) is 32.1 Å². The molecule has 0 aromatic rings. The number of hydrogen-bond donors (Lipinski definition) is 2.